The summed E-state index contributed by atoms with van der Waals surface area (Å²) >= 11 is 0. The van der Waals surface area contributed by atoms with Gasteiger partial charge in [0.25, 0.3) is 0 Å². The Labute approximate surface area is 112 Å². The summed E-state index contributed by atoms with van der Waals surface area (Å²) in [6.45, 7) is 1.48. The fraction of sp³-hybridized carbons (Fsp3) is 0.300. The van der Waals surface area contributed by atoms with Gasteiger partial charge in [0.05, 0.1) is 7.11 Å². The molecule has 0 saturated carbocycles. The Balaban J connectivity index is 0. The van der Waals surface area contributed by atoms with Gasteiger partial charge in [-0.15, -0.1) is 0 Å². The van der Waals surface area contributed by atoms with Crippen molar-refractivity contribution in [2.45, 2.75) is 13.0 Å². The van der Waals surface area contributed by atoms with Crippen LogP contribution < -0.4 is 39.0 Å². The van der Waals surface area contributed by atoms with E-state index in [9.17, 15) is 4.79 Å². The van der Waals surface area contributed by atoms with Crippen LogP contribution in [0.4, 0.5) is 0 Å². The maximum atomic E-state index is 10.5. The number of rotatable bonds is 4. The summed E-state index contributed by atoms with van der Waals surface area (Å²) < 4.78 is 10.1. The number of hydrogen-bond donors (Lipinski definition) is 1. The van der Waals surface area contributed by atoms with E-state index in [-0.39, 0.29) is 31.0 Å². The number of methoxy groups -OCH3 is 1. The van der Waals surface area contributed by atoms with Gasteiger partial charge in [-0.3, -0.25) is 0 Å². The van der Waals surface area contributed by atoms with Gasteiger partial charge in [-0.25, -0.2) is 4.79 Å². The molecule has 1 aromatic rings. The first-order valence-corrected chi connectivity index (χ1v) is 4.17. The molecule has 0 fully saturated rings. The molecule has 0 spiro atoms. The molecule has 0 aliphatic carbocycles. The molecule has 4 nitrogen and oxygen atoms in total. The Morgan fingerprint density at radius 3 is 2.20 bits per heavy atom. The zero-order valence-electron chi connectivity index (χ0n) is 10.1. The Morgan fingerprint density at radius 2 is 1.80 bits per heavy atom. The van der Waals surface area contributed by atoms with Gasteiger partial charge in [0.2, 0.25) is 0 Å². The first kappa shape index (κ1) is 14.3. The Morgan fingerprint density at radius 1 is 1.33 bits per heavy atom. The molecule has 15 heavy (non-hydrogen) atoms. The van der Waals surface area contributed by atoms with Crippen LogP contribution in [0.3, 0.4) is 0 Å². The summed E-state index contributed by atoms with van der Waals surface area (Å²) in [5.41, 5.74) is 0. The van der Waals surface area contributed by atoms with Crippen molar-refractivity contribution >= 4 is 5.97 Å². The average Bonchev–Trinajstić information content (AvgIpc) is 2.19. The fourth-order valence-electron chi connectivity index (χ4n) is 0.909. The van der Waals surface area contributed by atoms with Crippen LogP contribution in [0.5, 0.6) is 11.5 Å². The molecule has 0 radical (unpaired) electrons. The van der Waals surface area contributed by atoms with Gasteiger partial charge in [-0.2, -0.15) is 0 Å². The third-order valence-electron chi connectivity index (χ3n) is 1.72. The summed E-state index contributed by atoms with van der Waals surface area (Å²) in [5.74, 6) is 0.238. The van der Waals surface area contributed by atoms with Crippen LogP contribution >= 0.6 is 0 Å². The molecule has 1 aromatic carbocycles. The minimum atomic E-state index is -0.985. The van der Waals surface area contributed by atoms with Crippen LogP contribution in [0, 0.1) is 0 Å². The molecule has 1 N–H and O–H groups in total. The smallest absolute Gasteiger partial charge is 1.00 e. The number of hydrogen-bond acceptors (Lipinski definition) is 3. The quantitative estimate of drug-likeness (QED) is 0.638. The minimum absolute atomic E-state index is 0. The van der Waals surface area contributed by atoms with E-state index in [0.717, 1.165) is 0 Å². The van der Waals surface area contributed by atoms with Crippen molar-refractivity contribution < 1.29 is 50.4 Å². The molecule has 0 heterocycles. The maximum Gasteiger partial charge on any atom is 1.00 e. The van der Waals surface area contributed by atoms with E-state index in [4.69, 9.17) is 14.6 Å². The van der Waals surface area contributed by atoms with Gasteiger partial charge in [-0.05, 0) is 31.2 Å². The second-order valence-corrected chi connectivity index (χ2v) is 2.77. The SMILES string of the molecule is COc1ccc(OC(C)C(=O)O)cc1.[H-].[Na+]. The topological polar surface area (TPSA) is 55.8 Å². The van der Waals surface area contributed by atoms with Crippen molar-refractivity contribution in [3.63, 3.8) is 0 Å². The predicted octanol–water partition coefficient (Wildman–Crippen LogP) is -1.34. The molecular weight excluding hydrogens is 207 g/mol. The normalized spacial score (nSPS) is 11.1. The van der Waals surface area contributed by atoms with Crippen molar-refractivity contribution in [2.75, 3.05) is 7.11 Å². The molecule has 0 saturated heterocycles. The van der Waals surface area contributed by atoms with Crippen LogP contribution in [0.2, 0.25) is 0 Å². The first-order chi connectivity index (χ1) is 6.63. The van der Waals surface area contributed by atoms with Crippen LogP contribution in [0.25, 0.3) is 0 Å². The standard InChI is InChI=1S/C10H12O4.Na.H/c1-7(10(11)12)14-9-5-3-8(13-2)4-6-9;;/h3-7H,1-2H3,(H,11,12);;/q;+1;-1. The maximum absolute atomic E-state index is 10.5. The zero-order chi connectivity index (χ0) is 10.6. The molecule has 1 unspecified atom stereocenters. The predicted molar refractivity (Wildman–Crippen MR) is 51.8 cm³/mol. The molecule has 1 atom stereocenters. The van der Waals surface area contributed by atoms with Crippen molar-refractivity contribution in [2.24, 2.45) is 0 Å². The summed E-state index contributed by atoms with van der Waals surface area (Å²) in [6.07, 6.45) is -0.844. The first-order valence-electron chi connectivity index (χ1n) is 4.17. The van der Waals surface area contributed by atoms with E-state index in [1.54, 1.807) is 31.4 Å². The number of carbonyl (C=O) groups is 1. The van der Waals surface area contributed by atoms with E-state index in [0.29, 0.717) is 11.5 Å². The molecule has 5 heteroatoms. The van der Waals surface area contributed by atoms with Crippen molar-refractivity contribution in [1.29, 1.82) is 0 Å². The minimum Gasteiger partial charge on any atom is -1.00 e. The summed E-state index contributed by atoms with van der Waals surface area (Å²) in [4.78, 5) is 10.5. The largest absolute Gasteiger partial charge is 1.00 e. The molecule has 0 bridgehead atoms. The monoisotopic (exact) mass is 220 g/mol. The number of aliphatic carboxylic acids is 1. The van der Waals surface area contributed by atoms with Gasteiger partial charge in [-0.1, -0.05) is 0 Å². The molecule has 1 rings (SSSR count). The third-order valence-corrected chi connectivity index (χ3v) is 1.72. The zero-order valence-corrected chi connectivity index (χ0v) is 11.1. The number of ether oxygens (including phenoxy) is 2. The van der Waals surface area contributed by atoms with Gasteiger partial charge in [0, 0.05) is 0 Å². The van der Waals surface area contributed by atoms with Gasteiger partial charge in [0.15, 0.2) is 6.10 Å². The summed E-state index contributed by atoms with van der Waals surface area (Å²) in [7, 11) is 1.57. The molecular formula is C10H13NaO4. The van der Waals surface area contributed by atoms with E-state index >= 15 is 0 Å². The van der Waals surface area contributed by atoms with Crippen LogP contribution in [-0.4, -0.2) is 24.3 Å². The molecule has 0 aromatic heterocycles. The van der Waals surface area contributed by atoms with Crippen LogP contribution in [0.1, 0.15) is 8.35 Å². The Bertz CT molecular complexity index is 315. The molecule has 0 aliphatic rings. The van der Waals surface area contributed by atoms with Gasteiger partial charge < -0.3 is 16.0 Å². The second-order valence-electron chi connectivity index (χ2n) is 2.77. The van der Waals surface area contributed by atoms with E-state index < -0.39 is 12.1 Å². The number of benzene rings is 1. The summed E-state index contributed by atoms with van der Waals surface area (Å²) in [5, 5.41) is 8.59. The van der Waals surface area contributed by atoms with Crippen LogP contribution in [0.15, 0.2) is 24.3 Å². The molecule has 0 amide bonds. The van der Waals surface area contributed by atoms with E-state index in [1.807, 2.05) is 0 Å². The summed E-state index contributed by atoms with van der Waals surface area (Å²) in [6, 6.07) is 6.75. The number of carboxylic acids is 1. The second kappa shape index (κ2) is 6.71. The Hall–Kier alpha value is -0.710. The van der Waals surface area contributed by atoms with Crippen molar-refractivity contribution in [3.05, 3.63) is 24.3 Å². The van der Waals surface area contributed by atoms with Gasteiger partial charge >= 0.3 is 35.5 Å². The third kappa shape index (κ3) is 4.55. The molecule has 0 aliphatic heterocycles. The molecule has 78 valence electrons. The van der Waals surface area contributed by atoms with Crippen molar-refractivity contribution in [1.82, 2.24) is 0 Å². The Kier molecular flexibility index (Phi) is 6.40. The van der Waals surface area contributed by atoms with E-state index in [1.165, 1.54) is 6.92 Å². The van der Waals surface area contributed by atoms with Gasteiger partial charge in [0.1, 0.15) is 11.5 Å². The van der Waals surface area contributed by atoms with Crippen LogP contribution in [-0.2, 0) is 4.79 Å². The number of carboxylic acid groups (broad SMARTS) is 1. The average molecular weight is 220 g/mol. The van der Waals surface area contributed by atoms with Crippen molar-refractivity contribution in [3.8, 4) is 11.5 Å². The fourth-order valence-corrected chi connectivity index (χ4v) is 0.909. The van der Waals surface area contributed by atoms with E-state index in [2.05, 4.69) is 0 Å².